The second kappa shape index (κ2) is 6.66. The monoisotopic (exact) mass is 328 g/mol. The number of oxazole rings is 1. The van der Waals surface area contributed by atoms with Crippen LogP contribution in [0.4, 0.5) is 10.1 Å². The molecule has 3 aromatic rings. The van der Waals surface area contributed by atoms with Gasteiger partial charge in [0.25, 0.3) is 0 Å². The lowest BCUT2D eigenvalue weighted by atomic mass is 10.2. The van der Waals surface area contributed by atoms with Gasteiger partial charge < -0.3 is 9.73 Å². The van der Waals surface area contributed by atoms with Gasteiger partial charge in [0.05, 0.1) is 23.3 Å². The number of anilines is 1. The molecule has 124 valence electrons. The fourth-order valence-electron chi connectivity index (χ4n) is 2.33. The first-order chi connectivity index (χ1) is 11.5. The van der Waals surface area contributed by atoms with E-state index in [1.54, 1.807) is 18.3 Å². The van der Waals surface area contributed by atoms with E-state index in [0.717, 1.165) is 17.0 Å². The maximum Gasteiger partial charge on any atom is 0.224 e. The van der Waals surface area contributed by atoms with E-state index in [9.17, 15) is 9.18 Å². The highest BCUT2D eigenvalue weighted by molar-refractivity contribution is 5.91. The summed E-state index contributed by atoms with van der Waals surface area (Å²) in [6.45, 7) is 3.67. The van der Waals surface area contributed by atoms with Crippen LogP contribution in [-0.2, 0) is 11.2 Å². The van der Waals surface area contributed by atoms with Crippen molar-refractivity contribution in [2.75, 3.05) is 5.32 Å². The van der Waals surface area contributed by atoms with E-state index in [0.29, 0.717) is 23.8 Å². The second-order valence-corrected chi connectivity index (χ2v) is 5.48. The summed E-state index contributed by atoms with van der Waals surface area (Å²) in [7, 11) is 0. The summed E-state index contributed by atoms with van der Waals surface area (Å²) in [4.78, 5) is 16.2. The zero-order valence-electron chi connectivity index (χ0n) is 13.4. The lowest BCUT2D eigenvalue weighted by Crippen LogP contribution is -2.13. The number of halogens is 1. The van der Waals surface area contributed by atoms with Gasteiger partial charge >= 0.3 is 0 Å². The van der Waals surface area contributed by atoms with Gasteiger partial charge in [-0.05, 0) is 38.1 Å². The zero-order valence-corrected chi connectivity index (χ0v) is 13.4. The summed E-state index contributed by atoms with van der Waals surface area (Å²) in [6, 6.07) is 5.97. The summed E-state index contributed by atoms with van der Waals surface area (Å²) in [5, 5.41) is 9.68. The lowest BCUT2D eigenvalue weighted by molar-refractivity contribution is -0.116. The van der Waals surface area contributed by atoms with Crippen LogP contribution in [-0.4, -0.2) is 21.1 Å². The van der Waals surface area contributed by atoms with Crippen molar-refractivity contribution < 1.29 is 13.6 Å². The second-order valence-electron chi connectivity index (χ2n) is 5.48. The molecule has 0 unspecified atom stereocenters. The third-order valence-corrected chi connectivity index (χ3v) is 3.64. The van der Waals surface area contributed by atoms with Gasteiger partial charge in [-0.15, -0.1) is 0 Å². The fourth-order valence-corrected chi connectivity index (χ4v) is 2.33. The number of hydrogen-bond donors (Lipinski definition) is 2. The topological polar surface area (TPSA) is 83.8 Å². The zero-order chi connectivity index (χ0) is 17.1. The summed E-state index contributed by atoms with van der Waals surface area (Å²) in [5.74, 6) is 0.571. The summed E-state index contributed by atoms with van der Waals surface area (Å²) >= 11 is 0. The van der Waals surface area contributed by atoms with E-state index in [-0.39, 0.29) is 18.1 Å². The Hall–Kier alpha value is -2.96. The van der Waals surface area contributed by atoms with Gasteiger partial charge in [0.1, 0.15) is 5.82 Å². The van der Waals surface area contributed by atoms with Crippen molar-refractivity contribution >= 4 is 11.6 Å². The molecule has 0 radical (unpaired) electrons. The predicted octanol–water partition coefficient (Wildman–Crippen LogP) is 3.39. The molecule has 3 rings (SSSR count). The summed E-state index contributed by atoms with van der Waals surface area (Å²) in [5.41, 5.74) is 3.01. The third-order valence-electron chi connectivity index (χ3n) is 3.64. The first-order valence-electron chi connectivity index (χ1n) is 7.55. The number of hydrogen-bond acceptors (Lipinski definition) is 4. The van der Waals surface area contributed by atoms with Crippen LogP contribution in [0.3, 0.4) is 0 Å². The Morgan fingerprint density at radius 3 is 2.71 bits per heavy atom. The first-order valence-corrected chi connectivity index (χ1v) is 7.55. The molecule has 7 heteroatoms. The van der Waals surface area contributed by atoms with Crippen LogP contribution < -0.4 is 5.32 Å². The molecule has 24 heavy (non-hydrogen) atoms. The predicted molar refractivity (Wildman–Crippen MR) is 86.9 cm³/mol. The SMILES string of the molecule is Cc1n[nH]c(C)c1NC(=O)CCc1ncc(-c2ccc(F)cc2)o1. The van der Waals surface area contributed by atoms with Gasteiger partial charge in [-0.1, -0.05) is 0 Å². The van der Waals surface area contributed by atoms with Crippen molar-refractivity contribution in [1.82, 2.24) is 15.2 Å². The minimum Gasteiger partial charge on any atom is -0.441 e. The number of amides is 1. The average Bonchev–Trinajstić information content (AvgIpc) is 3.16. The van der Waals surface area contributed by atoms with E-state index in [1.807, 2.05) is 13.8 Å². The summed E-state index contributed by atoms with van der Waals surface area (Å²) < 4.78 is 18.5. The van der Waals surface area contributed by atoms with Crippen LogP contribution in [0.25, 0.3) is 11.3 Å². The smallest absolute Gasteiger partial charge is 0.224 e. The third kappa shape index (κ3) is 3.51. The molecule has 1 aromatic carbocycles. The average molecular weight is 328 g/mol. The Kier molecular flexibility index (Phi) is 4.41. The fraction of sp³-hybridized carbons (Fsp3) is 0.235. The molecule has 0 aliphatic rings. The van der Waals surface area contributed by atoms with Gasteiger partial charge in [-0.3, -0.25) is 9.89 Å². The number of rotatable bonds is 5. The van der Waals surface area contributed by atoms with Crippen molar-refractivity contribution in [3.05, 3.63) is 53.6 Å². The number of nitrogens with zero attached hydrogens (tertiary/aromatic N) is 2. The van der Waals surface area contributed by atoms with E-state index in [1.165, 1.54) is 12.1 Å². The van der Waals surface area contributed by atoms with Crippen LogP contribution >= 0.6 is 0 Å². The number of H-pyrrole nitrogens is 1. The lowest BCUT2D eigenvalue weighted by Gasteiger charge is -2.04. The molecule has 0 bridgehead atoms. The quantitative estimate of drug-likeness (QED) is 0.752. The Morgan fingerprint density at radius 1 is 1.29 bits per heavy atom. The highest BCUT2D eigenvalue weighted by Gasteiger charge is 2.12. The molecule has 0 aliphatic heterocycles. The highest BCUT2D eigenvalue weighted by atomic mass is 19.1. The van der Waals surface area contributed by atoms with Gasteiger partial charge in [-0.2, -0.15) is 5.10 Å². The molecule has 0 aliphatic carbocycles. The van der Waals surface area contributed by atoms with Crippen molar-refractivity contribution in [3.63, 3.8) is 0 Å². The Labute approximate surface area is 138 Å². The van der Waals surface area contributed by atoms with E-state index >= 15 is 0 Å². The van der Waals surface area contributed by atoms with E-state index in [2.05, 4.69) is 20.5 Å². The first kappa shape index (κ1) is 15.9. The largest absolute Gasteiger partial charge is 0.441 e. The maximum atomic E-state index is 12.9. The molecule has 6 nitrogen and oxygen atoms in total. The van der Waals surface area contributed by atoms with Gasteiger partial charge in [0, 0.05) is 18.4 Å². The van der Waals surface area contributed by atoms with Crippen LogP contribution in [0.1, 0.15) is 23.7 Å². The number of carbonyl (C=O) groups is 1. The van der Waals surface area contributed by atoms with E-state index < -0.39 is 0 Å². The minimum absolute atomic E-state index is 0.135. The van der Waals surface area contributed by atoms with Crippen molar-refractivity contribution in [2.45, 2.75) is 26.7 Å². The number of aromatic nitrogens is 3. The number of nitrogens with one attached hydrogen (secondary N) is 2. The molecule has 1 amide bonds. The standard InChI is InChI=1S/C17H17FN4O2/c1-10-17(11(2)22-21-10)20-15(23)7-8-16-19-9-14(24-16)12-3-5-13(18)6-4-12/h3-6,9H,7-8H2,1-2H3,(H,20,23)(H,21,22). The Morgan fingerprint density at radius 2 is 2.04 bits per heavy atom. The maximum absolute atomic E-state index is 12.9. The molecule has 2 N–H and O–H groups in total. The van der Waals surface area contributed by atoms with Crippen LogP contribution in [0, 0.1) is 19.7 Å². The molecule has 0 saturated carbocycles. The molecule has 0 saturated heterocycles. The Balaban J connectivity index is 1.59. The van der Waals surface area contributed by atoms with Crippen LogP contribution in [0.15, 0.2) is 34.9 Å². The van der Waals surface area contributed by atoms with E-state index in [4.69, 9.17) is 4.42 Å². The highest BCUT2D eigenvalue weighted by Crippen LogP contribution is 2.21. The molecule has 0 atom stereocenters. The number of carbonyl (C=O) groups excluding carboxylic acids is 1. The minimum atomic E-state index is -0.306. The number of benzene rings is 1. The molecule has 0 spiro atoms. The normalized spacial score (nSPS) is 10.8. The van der Waals surface area contributed by atoms with Gasteiger partial charge in [0.15, 0.2) is 11.7 Å². The molecule has 2 heterocycles. The Bertz CT molecular complexity index is 832. The number of aromatic amines is 1. The van der Waals surface area contributed by atoms with Gasteiger partial charge in [0.2, 0.25) is 5.91 Å². The van der Waals surface area contributed by atoms with Gasteiger partial charge in [-0.25, -0.2) is 9.37 Å². The molecule has 0 fully saturated rings. The van der Waals surface area contributed by atoms with Crippen molar-refractivity contribution in [2.24, 2.45) is 0 Å². The summed E-state index contributed by atoms with van der Waals surface area (Å²) in [6.07, 6.45) is 2.20. The van der Waals surface area contributed by atoms with Crippen molar-refractivity contribution in [1.29, 1.82) is 0 Å². The van der Waals surface area contributed by atoms with Crippen LogP contribution in [0.2, 0.25) is 0 Å². The number of aryl methyl sites for hydroxylation is 3. The van der Waals surface area contributed by atoms with Crippen LogP contribution in [0.5, 0.6) is 0 Å². The molecule has 2 aromatic heterocycles. The molecular formula is C17H17FN4O2. The molecular weight excluding hydrogens is 311 g/mol. The van der Waals surface area contributed by atoms with Crippen molar-refractivity contribution in [3.8, 4) is 11.3 Å².